The molecule has 0 amide bonds. The first-order chi connectivity index (χ1) is 1.91. The maximum absolute atomic E-state index is 2.12. The van der Waals surface area contributed by atoms with Gasteiger partial charge < -0.3 is 0 Å². The zero-order valence-corrected chi connectivity index (χ0v) is 5.35. The summed E-state index contributed by atoms with van der Waals surface area (Å²) in [5.41, 5.74) is 0. The molecule has 0 aliphatic carbocycles. The van der Waals surface area contributed by atoms with Crippen LogP contribution in [0.5, 0.6) is 0 Å². The SMILES string of the molecule is C[CH]CC.[Ti]. The molecule has 1 radical (unpaired) electrons. The number of rotatable bonds is 1. The molecule has 0 rings (SSSR count). The second-order valence-electron chi connectivity index (χ2n) is 0.816. The second-order valence-corrected chi connectivity index (χ2v) is 0.816. The predicted molar refractivity (Wildman–Crippen MR) is 20.3 cm³/mol. The zero-order chi connectivity index (χ0) is 3.41. The van der Waals surface area contributed by atoms with E-state index < -0.39 is 0 Å². The van der Waals surface area contributed by atoms with Crippen LogP contribution in [-0.4, -0.2) is 0 Å². The van der Waals surface area contributed by atoms with Gasteiger partial charge >= 0.3 is 0 Å². The fourth-order valence-electron chi connectivity index (χ4n) is 0. The molecule has 1 heteroatoms. The molecule has 0 bridgehead atoms. The minimum absolute atomic E-state index is 0. The smallest absolute Gasteiger partial charge is 0 e. The van der Waals surface area contributed by atoms with Crippen LogP contribution in [0.1, 0.15) is 20.3 Å². The van der Waals surface area contributed by atoms with E-state index in [-0.39, 0.29) is 21.7 Å². The van der Waals surface area contributed by atoms with Gasteiger partial charge in [-0.25, -0.2) is 0 Å². The molecule has 0 nitrogen and oxygen atoms in total. The maximum atomic E-state index is 2.12. The average Bonchev–Trinajstić information content (AvgIpc) is 1.37. The molecule has 0 N–H and O–H groups in total. The van der Waals surface area contributed by atoms with Crippen LogP contribution in [0.4, 0.5) is 0 Å². The van der Waals surface area contributed by atoms with Gasteiger partial charge in [-0.3, -0.25) is 0 Å². The molecule has 0 saturated heterocycles. The third-order valence-electron chi connectivity index (χ3n) is 0.408. The van der Waals surface area contributed by atoms with E-state index in [1.807, 2.05) is 0 Å². The largest absolute Gasteiger partial charge is 0.0651 e. The summed E-state index contributed by atoms with van der Waals surface area (Å²) in [6.45, 7) is 4.18. The third-order valence-corrected chi connectivity index (χ3v) is 0.408. The van der Waals surface area contributed by atoms with Crippen molar-refractivity contribution in [2.24, 2.45) is 0 Å². The quantitative estimate of drug-likeness (QED) is 0.444. The summed E-state index contributed by atoms with van der Waals surface area (Å²) in [6.07, 6.45) is 3.32. The van der Waals surface area contributed by atoms with Crippen LogP contribution in [-0.2, 0) is 21.7 Å². The molecule has 0 atom stereocenters. The van der Waals surface area contributed by atoms with E-state index in [0.29, 0.717) is 0 Å². The molecule has 5 heavy (non-hydrogen) atoms. The Hall–Kier alpha value is 0.714. The molecule has 0 aromatic rings. The molecule has 0 aromatic carbocycles. The summed E-state index contributed by atoms with van der Waals surface area (Å²) in [5.74, 6) is 0. The van der Waals surface area contributed by atoms with Crippen molar-refractivity contribution in [1.82, 2.24) is 0 Å². The Bertz CT molecular complexity index is 5.61. The van der Waals surface area contributed by atoms with Crippen LogP contribution in [0.25, 0.3) is 0 Å². The van der Waals surface area contributed by atoms with Gasteiger partial charge in [-0.05, 0) is 6.42 Å². The van der Waals surface area contributed by atoms with Crippen molar-refractivity contribution in [3.8, 4) is 0 Å². The molecule has 29 valence electrons. The molecule has 0 saturated carbocycles. The van der Waals surface area contributed by atoms with Gasteiger partial charge in [0.2, 0.25) is 0 Å². The molecular weight excluding hydrogens is 95.9 g/mol. The van der Waals surface area contributed by atoms with E-state index >= 15 is 0 Å². The Balaban J connectivity index is 0. The Kier molecular flexibility index (Phi) is 16.3. The van der Waals surface area contributed by atoms with E-state index in [4.69, 9.17) is 0 Å². The summed E-state index contributed by atoms with van der Waals surface area (Å²) < 4.78 is 0. The van der Waals surface area contributed by atoms with Crippen molar-refractivity contribution >= 4 is 0 Å². The van der Waals surface area contributed by atoms with Crippen LogP contribution >= 0.6 is 0 Å². The number of hydrogen-bond acceptors (Lipinski definition) is 0. The molecule has 0 spiro atoms. The maximum Gasteiger partial charge on any atom is 0 e. The summed E-state index contributed by atoms with van der Waals surface area (Å²) in [5, 5.41) is 0. The van der Waals surface area contributed by atoms with Gasteiger partial charge in [0.05, 0.1) is 0 Å². The molecular formula is C4H9Ti. The van der Waals surface area contributed by atoms with Crippen LogP contribution < -0.4 is 0 Å². The fraction of sp³-hybridized carbons (Fsp3) is 0.750. The van der Waals surface area contributed by atoms with Crippen LogP contribution in [0.3, 0.4) is 0 Å². The Morgan fingerprint density at radius 3 is 1.80 bits per heavy atom. The summed E-state index contributed by atoms with van der Waals surface area (Å²) in [6, 6.07) is 0. The fourth-order valence-corrected chi connectivity index (χ4v) is 0. The third kappa shape index (κ3) is 11.8. The van der Waals surface area contributed by atoms with Crippen LogP contribution in [0, 0.1) is 6.42 Å². The van der Waals surface area contributed by atoms with Gasteiger partial charge in [0.15, 0.2) is 0 Å². The predicted octanol–water partition coefficient (Wildman–Crippen LogP) is 1.62. The summed E-state index contributed by atoms with van der Waals surface area (Å²) >= 11 is 0. The van der Waals surface area contributed by atoms with E-state index in [0.717, 1.165) is 0 Å². The van der Waals surface area contributed by atoms with Gasteiger partial charge in [0.1, 0.15) is 0 Å². The average molecular weight is 105 g/mol. The van der Waals surface area contributed by atoms with Crippen LogP contribution in [0.15, 0.2) is 0 Å². The van der Waals surface area contributed by atoms with E-state index in [2.05, 4.69) is 20.3 Å². The number of hydrogen-bond donors (Lipinski definition) is 0. The van der Waals surface area contributed by atoms with Crippen LogP contribution in [0.2, 0.25) is 0 Å². The molecule has 0 aromatic heterocycles. The van der Waals surface area contributed by atoms with Gasteiger partial charge in [0.25, 0.3) is 0 Å². The van der Waals surface area contributed by atoms with Gasteiger partial charge in [0, 0.05) is 21.7 Å². The normalized spacial score (nSPS) is 6.00. The first kappa shape index (κ1) is 9.21. The molecule has 0 unspecified atom stereocenters. The Labute approximate surface area is 48.8 Å². The molecule has 0 aliphatic rings. The first-order valence-corrected chi connectivity index (χ1v) is 1.69. The number of unbranched alkanes of at least 4 members (excludes halogenated alkanes) is 1. The topological polar surface area (TPSA) is 0 Å². The molecule has 0 heterocycles. The Morgan fingerprint density at radius 2 is 1.80 bits per heavy atom. The van der Waals surface area contributed by atoms with Crippen molar-refractivity contribution in [2.45, 2.75) is 20.3 Å². The van der Waals surface area contributed by atoms with Gasteiger partial charge in [-0.1, -0.05) is 20.3 Å². The van der Waals surface area contributed by atoms with E-state index in [9.17, 15) is 0 Å². The van der Waals surface area contributed by atoms with Crippen molar-refractivity contribution in [3.05, 3.63) is 6.42 Å². The Morgan fingerprint density at radius 1 is 1.60 bits per heavy atom. The first-order valence-electron chi connectivity index (χ1n) is 1.69. The molecule has 0 aliphatic heterocycles. The monoisotopic (exact) mass is 105 g/mol. The minimum atomic E-state index is 0. The minimum Gasteiger partial charge on any atom is -0.0651 e. The van der Waals surface area contributed by atoms with Gasteiger partial charge in [-0.15, -0.1) is 0 Å². The van der Waals surface area contributed by atoms with Gasteiger partial charge in [-0.2, -0.15) is 0 Å². The van der Waals surface area contributed by atoms with E-state index in [1.54, 1.807) is 0 Å². The van der Waals surface area contributed by atoms with Crippen molar-refractivity contribution < 1.29 is 21.7 Å². The van der Waals surface area contributed by atoms with Crippen molar-refractivity contribution in [1.29, 1.82) is 0 Å². The van der Waals surface area contributed by atoms with E-state index in [1.165, 1.54) is 6.42 Å². The second kappa shape index (κ2) is 8.83. The summed E-state index contributed by atoms with van der Waals surface area (Å²) in [4.78, 5) is 0. The summed E-state index contributed by atoms with van der Waals surface area (Å²) in [7, 11) is 0. The zero-order valence-electron chi connectivity index (χ0n) is 3.78. The standard InChI is InChI=1S/C4H9.Ti/c1-3-4-2;/h3H,4H2,1-2H3;. The van der Waals surface area contributed by atoms with Crippen molar-refractivity contribution in [2.75, 3.05) is 0 Å². The molecule has 0 fully saturated rings. The van der Waals surface area contributed by atoms with Crippen molar-refractivity contribution in [3.63, 3.8) is 0 Å².